The predicted octanol–water partition coefficient (Wildman–Crippen LogP) is 2.55. The number of para-hydroxylation sites is 1. The molecule has 0 radical (unpaired) electrons. The lowest BCUT2D eigenvalue weighted by Crippen LogP contribution is -2.28. The first-order valence-corrected chi connectivity index (χ1v) is 7.34. The average molecular weight is 292 g/mol. The Labute approximate surface area is 123 Å². The van der Waals surface area contributed by atoms with Gasteiger partial charge in [-0.15, -0.1) is 11.3 Å². The van der Waals surface area contributed by atoms with Gasteiger partial charge in [-0.25, -0.2) is 0 Å². The van der Waals surface area contributed by atoms with Crippen LogP contribution in [0.1, 0.15) is 16.5 Å². The fourth-order valence-corrected chi connectivity index (χ4v) is 2.80. The monoisotopic (exact) mass is 292 g/mol. The van der Waals surface area contributed by atoms with E-state index in [0.29, 0.717) is 6.54 Å². The fraction of sp³-hybridized carbons (Fsp3) is 0.333. The molecule has 5 heteroatoms. The summed E-state index contributed by atoms with van der Waals surface area (Å²) in [5.41, 5.74) is 6.92. The van der Waals surface area contributed by atoms with E-state index in [2.05, 4.69) is 16.8 Å². The third kappa shape index (κ3) is 3.30. The van der Waals surface area contributed by atoms with E-state index in [0.717, 1.165) is 23.6 Å². The van der Waals surface area contributed by atoms with E-state index in [1.165, 1.54) is 4.88 Å². The van der Waals surface area contributed by atoms with Gasteiger partial charge >= 0.3 is 0 Å². The second-order valence-electron chi connectivity index (χ2n) is 4.33. The maximum absolute atomic E-state index is 5.90. The summed E-state index contributed by atoms with van der Waals surface area (Å²) in [5, 5.41) is 5.53. The van der Waals surface area contributed by atoms with Gasteiger partial charge in [0.25, 0.3) is 0 Å². The molecule has 0 amide bonds. The van der Waals surface area contributed by atoms with Crippen molar-refractivity contribution < 1.29 is 9.47 Å². The van der Waals surface area contributed by atoms with Crippen molar-refractivity contribution >= 4 is 11.3 Å². The van der Waals surface area contributed by atoms with E-state index < -0.39 is 0 Å². The molecule has 2 rings (SSSR count). The summed E-state index contributed by atoms with van der Waals surface area (Å²) >= 11 is 1.73. The van der Waals surface area contributed by atoms with Gasteiger partial charge in [0.1, 0.15) is 0 Å². The maximum Gasteiger partial charge on any atom is 0.165 e. The van der Waals surface area contributed by atoms with Gasteiger partial charge in [0.15, 0.2) is 11.5 Å². The Morgan fingerprint density at radius 1 is 1.20 bits per heavy atom. The first-order chi connectivity index (χ1) is 9.80. The van der Waals surface area contributed by atoms with Crippen molar-refractivity contribution in [2.45, 2.75) is 12.6 Å². The molecule has 0 saturated carbocycles. The Balaban J connectivity index is 2.18. The molecule has 1 heterocycles. The molecule has 0 aliphatic heterocycles. The number of methoxy groups -OCH3 is 2. The lowest BCUT2D eigenvalue weighted by atomic mass is 10.0. The summed E-state index contributed by atoms with van der Waals surface area (Å²) in [7, 11) is 3.28. The lowest BCUT2D eigenvalue weighted by molar-refractivity contribution is 0.346. The van der Waals surface area contributed by atoms with Crippen LogP contribution in [0.15, 0.2) is 35.7 Å². The van der Waals surface area contributed by atoms with Crippen molar-refractivity contribution in [1.29, 1.82) is 0 Å². The molecule has 4 nitrogen and oxygen atoms in total. The Hall–Kier alpha value is -1.56. The van der Waals surface area contributed by atoms with Crippen molar-refractivity contribution in [1.82, 2.24) is 5.32 Å². The molecule has 0 aliphatic carbocycles. The third-order valence-electron chi connectivity index (χ3n) is 3.15. The molecule has 2 aromatic rings. The number of ether oxygens (including phenoxy) is 2. The fourth-order valence-electron chi connectivity index (χ4n) is 2.14. The van der Waals surface area contributed by atoms with Gasteiger partial charge in [-0.2, -0.15) is 0 Å². The third-order valence-corrected chi connectivity index (χ3v) is 4.02. The summed E-state index contributed by atoms with van der Waals surface area (Å²) < 4.78 is 10.8. The smallest absolute Gasteiger partial charge is 0.165 e. The van der Waals surface area contributed by atoms with Crippen molar-refractivity contribution in [2.24, 2.45) is 5.73 Å². The predicted molar refractivity (Wildman–Crippen MR) is 82.5 cm³/mol. The van der Waals surface area contributed by atoms with Crippen LogP contribution in [0.25, 0.3) is 0 Å². The van der Waals surface area contributed by atoms with E-state index in [9.17, 15) is 0 Å². The molecule has 1 aromatic heterocycles. The summed E-state index contributed by atoms with van der Waals surface area (Å²) in [6.07, 6.45) is 0. The quantitative estimate of drug-likeness (QED) is 0.823. The van der Waals surface area contributed by atoms with Gasteiger partial charge in [0.2, 0.25) is 0 Å². The first kappa shape index (κ1) is 14.8. The number of benzene rings is 1. The van der Waals surface area contributed by atoms with Crippen LogP contribution in [-0.2, 0) is 6.54 Å². The van der Waals surface area contributed by atoms with E-state index in [1.807, 2.05) is 24.3 Å². The van der Waals surface area contributed by atoms with Gasteiger partial charge in [-0.1, -0.05) is 18.2 Å². The molecule has 20 heavy (non-hydrogen) atoms. The van der Waals surface area contributed by atoms with Crippen molar-refractivity contribution in [3.05, 3.63) is 46.2 Å². The highest BCUT2D eigenvalue weighted by Crippen LogP contribution is 2.34. The second-order valence-corrected chi connectivity index (χ2v) is 5.36. The highest BCUT2D eigenvalue weighted by molar-refractivity contribution is 7.09. The average Bonchev–Trinajstić information content (AvgIpc) is 3.00. The zero-order valence-corrected chi connectivity index (χ0v) is 12.6. The highest BCUT2D eigenvalue weighted by Gasteiger charge is 2.17. The largest absolute Gasteiger partial charge is 0.493 e. The minimum Gasteiger partial charge on any atom is -0.493 e. The van der Waals surface area contributed by atoms with Crippen molar-refractivity contribution in [3.8, 4) is 11.5 Å². The first-order valence-electron chi connectivity index (χ1n) is 6.46. The van der Waals surface area contributed by atoms with E-state index >= 15 is 0 Å². The van der Waals surface area contributed by atoms with Crippen molar-refractivity contribution in [2.75, 3.05) is 20.8 Å². The summed E-state index contributed by atoms with van der Waals surface area (Å²) in [5.74, 6) is 1.46. The normalized spacial score (nSPS) is 12.2. The molecular weight excluding hydrogens is 272 g/mol. The molecule has 0 bridgehead atoms. The van der Waals surface area contributed by atoms with Crippen LogP contribution in [0.2, 0.25) is 0 Å². The van der Waals surface area contributed by atoms with Gasteiger partial charge < -0.3 is 20.5 Å². The highest BCUT2D eigenvalue weighted by atomic mass is 32.1. The lowest BCUT2D eigenvalue weighted by Gasteiger charge is -2.21. The number of hydrogen-bond donors (Lipinski definition) is 2. The molecule has 1 atom stereocenters. The van der Waals surface area contributed by atoms with Crippen LogP contribution in [0.5, 0.6) is 11.5 Å². The van der Waals surface area contributed by atoms with Crippen LogP contribution < -0.4 is 20.5 Å². The number of nitrogens with one attached hydrogen (secondary N) is 1. The molecular formula is C15H20N2O2S. The SMILES string of the molecule is COc1cccc(C(CN)NCc2cccs2)c1OC. The van der Waals surface area contributed by atoms with Crippen LogP contribution in [0.4, 0.5) is 0 Å². The summed E-state index contributed by atoms with van der Waals surface area (Å²) in [4.78, 5) is 1.28. The van der Waals surface area contributed by atoms with Gasteiger partial charge in [0.05, 0.1) is 14.2 Å². The number of thiophene rings is 1. The Morgan fingerprint density at radius 3 is 2.65 bits per heavy atom. The standard InChI is InChI=1S/C15H20N2O2S/c1-18-14-7-3-6-12(15(14)19-2)13(9-16)17-10-11-5-4-8-20-11/h3-8,13,17H,9-10,16H2,1-2H3. The molecule has 0 spiro atoms. The zero-order valence-electron chi connectivity index (χ0n) is 11.8. The molecule has 0 saturated heterocycles. The van der Waals surface area contributed by atoms with E-state index in [1.54, 1.807) is 25.6 Å². The Morgan fingerprint density at radius 2 is 2.05 bits per heavy atom. The number of hydrogen-bond acceptors (Lipinski definition) is 5. The van der Waals surface area contributed by atoms with Gasteiger partial charge in [0, 0.05) is 29.6 Å². The zero-order chi connectivity index (χ0) is 14.4. The topological polar surface area (TPSA) is 56.5 Å². The molecule has 108 valence electrons. The Kier molecular flexibility index (Phi) is 5.40. The number of rotatable bonds is 7. The second kappa shape index (κ2) is 7.28. The van der Waals surface area contributed by atoms with E-state index in [-0.39, 0.29) is 6.04 Å². The molecule has 1 aromatic carbocycles. The van der Waals surface area contributed by atoms with Crippen LogP contribution in [0, 0.1) is 0 Å². The van der Waals surface area contributed by atoms with Gasteiger partial charge in [-0.3, -0.25) is 0 Å². The minimum absolute atomic E-state index is 0.0298. The van der Waals surface area contributed by atoms with Crippen LogP contribution in [-0.4, -0.2) is 20.8 Å². The molecule has 0 fully saturated rings. The van der Waals surface area contributed by atoms with Gasteiger partial charge in [-0.05, 0) is 17.5 Å². The summed E-state index contributed by atoms with van der Waals surface area (Å²) in [6, 6.07) is 10.0. The number of nitrogens with two attached hydrogens (primary N) is 1. The van der Waals surface area contributed by atoms with Crippen molar-refractivity contribution in [3.63, 3.8) is 0 Å². The minimum atomic E-state index is 0.0298. The summed E-state index contributed by atoms with van der Waals surface area (Å²) in [6.45, 7) is 1.29. The van der Waals surface area contributed by atoms with Crippen LogP contribution in [0.3, 0.4) is 0 Å². The Bertz CT molecular complexity index is 529. The molecule has 1 unspecified atom stereocenters. The van der Waals surface area contributed by atoms with E-state index in [4.69, 9.17) is 15.2 Å². The van der Waals surface area contributed by atoms with Crippen LogP contribution >= 0.6 is 11.3 Å². The molecule has 0 aliphatic rings. The molecule has 3 N–H and O–H groups in total. The maximum atomic E-state index is 5.90.